The molecule has 3 heterocycles. The average molecular weight is 645 g/mol. The summed E-state index contributed by atoms with van der Waals surface area (Å²) in [5, 5.41) is 0. The van der Waals surface area contributed by atoms with Crippen molar-refractivity contribution in [2.75, 3.05) is 21.3 Å². The van der Waals surface area contributed by atoms with Crippen molar-refractivity contribution >= 4 is 35.7 Å². The van der Waals surface area contributed by atoms with Crippen LogP contribution in [0.4, 0.5) is 0 Å². The summed E-state index contributed by atoms with van der Waals surface area (Å²) in [5.41, 5.74) is 1.71. The van der Waals surface area contributed by atoms with Crippen LogP contribution in [0.3, 0.4) is 0 Å². The summed E-state index contributed by atoms with van der Waals surface area (Å²) >= 11 is 0. The zero-order chi connectivity index (χ0) is 33.7. The van der Waals surface area contributed by atoms with E-state index in [2.05, 4.69) is 0 Å². The van der Waals surface area contributed by atoms with Gasteiger partial charge in [-0.3, -0.25) is 9.59 Å². The molecule has 1 aromatic heterocycles. The monoisotopic (exact) mass is 644 g/mol. The van der Waals surface area contributed by atoms with Crippen LogP contribution in [-0.4, -0.2) is 57.1 Å². The molecule has 2 aliphatic heterocycles. The fourth-order valence-electron chi connectivity index (χ4n) is 5.89. The van der Waals surface area contributed by atoms with E-state index in [4.69, 9.17) is 28.1 Å². The van der Waals surface area contributed by atoms with Crippen LogP contribution in [0, 0.1) is 0 Å². The maximum atomic E-state index is 13.7. The van der Waals surface area contributed by atoms with E-state index in [0.717, 1.165) is 0 Å². The zero-order valence-electron chi connectivity index (χ0n) is 26.7. The molecular weight excluding hydrogens is 608 g/mol. The van der Waals surface area contributed by atoms with Crippen molar-refractivity contribution in [1.82, 2.24) is 0 Å². The van der Waals surface area contributed by atoms with Crippen LogP contribution in [0.25, 0.3) is 17.4 Å². The fraction of sp³-hybridized carbons (Fsp3) is 0.361. The van der Waals surface area contributed by atoms with Crippen molar-refractivity contribution < 1.29 is 52.1 Å². The number of ketones is 1. The normalized spacial score (nSPS) is 18.6. The third-order valence-electron chi connectivity index (χ3n) is 8.19. The van der Waals surface area contributed by atoms with E-state index >= 15 is 0 Å². The van der Waals surface area contributed by atoms with Gasteiger partial charge in [0, 0.05) is 24.0 Å². The number of esters is 4. The molecule has 5 rings (SSSR count). The Morgan fingerprint density at radius 3 is 2.28 bits per heavy atom. The summed E-state index contributed by atoms with van der Waals surface area (Å²) in [6.07, 6.45) is 6.39. The molecule has 0 unspecified atom stereocenters. The van der Waals surface area contributed by atoms with Gasteiger partial charge in [-0.25, -0.2) is 14.4 Å². The SMILES string of the molecule is COC(=O)c1cc(C(=O)OC)cc(-c2ccc([C@@H]3CC(=O)Oc4cc5c(c(OC)c43)C(=O)O[C@@H](C)CCCC(=O)CCCC=C5)o2)c1. The highest BCUT2D eigenvalue weighted by atomic mass is 16.6. The quantitative estimate of drug-likeness (QED) is 0.172. The van der Waals surface area contributed by atoms with Gasteiger partial charge < -0.3 is 28.1 Å². The molecule has 0 fully saturated rings. The van der Waals surface area contributed by atoms with Gasteiger partial charge in [0.2, 0.25) is 0 Å². The molecule has 0 saturated carbocycles. The molecule has 2 atom stereocenters. The first kappa shape index (κ1) is 33.2. The van der Waals surface area contributed by atoms with E-state index in [0.29, 0.717) is 66.7 Å². The highest BCUT2D eigenvalue weighted by Gasteiger charge is 2.37. The van der Waals surface area contributed by atoms with Crippen LogP contribution >= 0.6 is 0 Å². The van der Waals surface area contributed by atoms with Crippen molar-refractivity contribution in [3.8, 4) is 22.8 Å². The fourth-order valence-corrected chi connectivity index (χ4v) is 5.89. The van der Waals surface area contributed by atoms with Crippen molar-refractivity contribution in [2.45, 2.75) is 63.9 Å². The molecule has 0 radical (unpaired) electrons. The van der Waals surface area contributed by atoms with E-state index in [1.165, 1.54) is 39.5 Å². The number of carbonyl (C=O) groups is 5. The second-order valence-electron chi connectivity index (χ2n) is 11.4. The Hall–Kier alpha value is -5.19. The smallest absolute Gasteiger partial charge is 0.342 e. The summed E-state index contributed by atoms with van der Waals surface area (Å²) < 4.78 is 33.3. The standard InChI is InChI=1S/C36H36O11/c1-20-9-8-12-25(37)11-7-5-6-10-21-18-29-32(33(42-2)31(21)36(41)45-20)26(19-30(38)47-29)28-14-13-27(46-28)22-15-23(34(39)43-3)17-24(16-22)35(40)44-4/h6,10,13-18,20,26H,5,7-9,11-12,19H2,1-4H3/t20-,26-/m0/s1. The lowest BCUT2D eigenvalue weighted by molar-refractivity contribution is -0.135. The molecule has 11 nitrogen and oxygen atoms in total. The first-order valence-corrected chi connectivity index (χ1v) is 15.4. The van der Waals surface area contributed by atoms with Crippen LogP contribution in [0.2, 0.25) is 0 Å². The van der Waals surface area contributed by atoms with Gasteiger partial charge in [-0.1, -0.05) is 12.2 Å². The summed E-state index contributed by atoms with van der Waals surface area (Å²) in [6.45, 7) is 1.78. The Bertz CT molecular complexity index is 1710. The number of hydrogen-bond acceptors (Lipinski definition) is 11. The molecule has 11 heteroatoms. The minimum absolute atomic E-state index is 0.111. The Labute approximate surface area is 271 Å². The minimum atomic E-state index is -0.711. The molecule has 47 heavy (non-hydrogen) atoms. The lowest BCUT2D eigenvalue weighted by Crippen LogP contribution is -2.24. The zero-order valence-corrected chi connectivity index (χ0v) is 26.7. The Kier molecular flexibility index (Phi) is 10.2. The molecule has 246 valence electrons. The maximum Gasteiger partial charge on any atom is 0.342 e. The first-order chi connectivity index (χ1) is 22.6. The van der Waals surface area contributed by atoms with Crippen molar-refractivity contribution in [3.63, 3.8) is 0 Å². The lowest BCUT2D eigenvalue weighted by atomic mass is 9.86. The molecule has 0 bridgehead atoms. The number of rotatable bonds is 5. The number of furan rings is 1. The number of allylic oxidation sites excluding steroid dienone is 1. The van der Waals surface area contributed by atoms with Gasteiger partial charge in [0.25, 0.3) is 0 Å². The number of fused-ring (bicyclic) bond motifs is 2. The summed E-state index contributed by atoms with van der Waals surface area (Å²) in [4.78, 5) is 63.6. The van der Waals surface area contributed by atoms with E-state index in [-0.39, 0.29) is 40.4 Å². The second-order valence-corrected chi connectivity index (χ2v) is 11.4. The van der Waals surface area contributed by atoms with Crippen molar-refractivity contribution in [1.29, 1.82) is 0 Å². The third kappa shape index (κ3) is 7.29. The molecule has 2 aliphatic rings. The van der Waals surface area contributed by atoms with Crippen LogP contribution in [0.5, 0.6) is 11.5 Å². The van der Waals surface area contributed by atoms with Gasteiger partial charge in [0.05, 0.1) is 50.9 Å². The summed E-state index contributed by atoms with van der Waals surface area (Å²) in [5.74, 6) is -1.87. The van der Waals surface area contributed by atoms with Crippen molar-refractivity contribution in [3.05, 3.63) is 76.1 Å². The molecule has 0 N–H and O–H groups in total. The van der Waals surface area contributed by atoms with Crippen LogP contribution in [0.15, 0.2) is 46.9 Å². The second kappa shape index (κ2) is 14.5. The predicted molar refractivity (Wildman–Crippen MR) is 169 cm³/mol. The number of methoxy groups -OCH3 is 3. The number of benzene rings is 2. The molecular formula is C36H36O11. The first-order valence-electron chi connectivity index (χ1n) is 15.4. The van der Waals surface area contributed by atoms with Gasteiger partial charge in [0.1, 0.15) is 34.4 Å². The molecule has 3 aromatic rings. The highest BCUT2D eigenvalue weighted by Crippen LogP contribution is 2.48. The number of cyclic esters (lactones) is 1. The summed E-state index contributed by atoms with van der Waals surface area (Å²) in [7, 11) is 3.90. The van der Waals surface area contributed by atoms with E-state index in [9.17, 15) is 24.0 Å². The lowest BCUT2D eigenvalue weighted by Gasteiger charge is -2.27. The molecule has 0 aliphatic carbocycles. The van der Waals surface area contributed by atoms with E-state index < -0.39 is 35.9 Å². The predicted octanol–water partition coefficient (Wildman–Crippen LogP) is 6.45. The largest absolute Gasteiger partial charge is 0.495 e. The van der Waals surface area contributed by atoms with Gasteiger partial charge in [0.15, 0.2) is 0 Å². The number of hydrogen-bond donors (Lipinski definition) is 0. The molecule has 0 amide bonds. The van der Waals surface area contributed by atoms with Gasteiger partial charge in [-0.05, 0) is 74.6 Å². The minimum Gasteiger partial charge on any atom is -0.495 e. The maximum absolute atomic E-state index is 13.7. The number of Topliss-reactive ketones (excluding diaryl/α,β-unsaturated/α-hetero) is 1. The Morgan fingerprint density at radius 2 is 1.60 bits per heavy atom. The van der Waals surface area contributed by atoms with Gasteiger partial charge >= 0.3 is 23.9 Å². The molecule has 0 saturated heterocycles. The Morgan fingerprint density at radius 1 is 0.894 bits per heavy atom. The van der Waals surface area contributed by atoms with Crippen LogP contribution < -0.4 is 9.47 Å². The van der Waals surface area contributed by atoms with Gasteiger partial charge in [-0.2, -0.15) is 0 Å². The van der Waals surface area contributed by atoms with E-state index in [1.54, 1.807) is 31.2 Å². The van der Waals surface area contributed by atoms with Crippen LogP contribution in [0.1, 0.15) is 106 Å². The van der Waals surface area contributed by atoms with Crippen molar-refractivity contribution in [2.24, 2.45) is 0 Å². The van der Waals surface area contributed by atoms with Gasteiger partial charge in [-0.15, -0.1) is 0 Å². The highest BCUT2D eigenvalue weighted by molar-refractivity contribution is 5.99. The van der Waals surface area contributed by atoms with E-state index in [1.807, 2.05) is 6.08 Å². The van der Waals surface area contributed by atoms with Crippen LogP contribution in [-0.2, 0) is 23.8 Å². The number of ether oxygens (including phenoxy) is 5. The average Bonchev–Trinajstić information content (AvgIpc) is 3.56. The Balaban J connectivity index is 1.60. The molecule has 2 aromatic carbocycles. The topological polar surface area (TPSA) is 145 Å². The third-order valence-corrected chi connectivity index (χ3v) is 8.19. The number of carbonyl (C=O) groups excluding carboxylic acids is 5. The summed E-state index contributed by atoms with van der Waals surface area (Å²) in [6, 6.07) is 9.35. The molecule has 0 spiro atoms.